The minimum atomic E-state index is 0.368. The molecule has 128 valence electrons. The number of quaternary nitrogens is 1. The van der Waals surface area contributed by atoms with Crippen molar-refractivity contribution in [2.24, 2.45) is 0 Å². The van der Waals surface area contributed by atoms with E-state index in [2.05, 4.69) is 87.3 Å². The molecule has 1 saturated heterocycles. The molecular formula is C22H31N2+. The lowest BCUT2D eigenvalue weighted by Crippen LogP contribution is -2.60. The Hall–Kier alpha value is -1.64. The number of benzene rings is 2. The van der Waals surface area contributed by atoms with Crippen molar-refractivity contribution in [2.45, 2.75) is 32.9 Å². The molecule has 2 aromatic rings. The Balaban J connectivity index is 1.90. The van der Waals surface area contributed by atoms with Crippen LogP contribution in [0.25, 0.3) is 0 Å². The molecule has 2 nitrogen and oxygen atoms in total. The molecule has 1 unspecified atom stereocenters. The summed E-state index contributed by atoms with van der Waals surface area (Å²) < 4.78 is 1.19. The highest BCUT2D eigenvalue weighted by atomic mass is 15.4. The molecule has 1 fully saturated rings. The van der Waals surface area contributed by atoms with Gasteiger partial charge in [0, 0.05) is 13.1 Å². The maximum Gasteiger partial charge on any atom is 0.0916 e. The Kier molecular flexibility index (Phi) is 5.07. The first-order chi connectivity index (χ1) is 11.5. The number of hydrogen-bond acceptors (Lipinski definition) is 1. The van der Waals surface area contributed by atoms with E-state index in [1.54, 1.807) is 0 Å². The van der Waals surface area contributed by atoms with Crippen LogP contribution in [0.15, 0.2) is 54.6 Å². The molecule has 1 aliphatic rings. The maximum atomic E-state index is 2.67. The van der Waals surface area contributed by atoms with Crippen molar-refractivity contribution >= 4 is 0 Å². The zero-order valence-electron chi connectivity index (χ0n) is 15.6. The van der Waals surface area contributed by atoms with Gasteiger partial charge in [-0.05, 0) is 31.9 Å². The smallest absolute Gasteiger partial charge is 0.0916 e. The summed E-state index contributed by atoms with van der Waals surface area (Å²) in [7, 11) is 2.41. The van der Waals surface area contributed by atoms with Crippen molar-refractivity contribution in [3.8, 4) is 0 Å². The van der Waals surface area contributed by atoms with Crippen molar-refractivity contribution in [1.82, 2.24) is 4.90 Å². The number of nitrogens with zero attached hydrogens (tertiary/aromatic N) is 2. The first kappa shape index (κ1) is 17.2. The van der Waals surface area contributed by atoms with Crippen molar-refractivity contribution < 1.29 is 4.48 Å². The lowest BCUT2D eigenvalue weighted by atomic mass is 9.95. The van der Waals surface area contributed by atoms with E-state index < -0.39 is 0 Å². The number of aryl methyl sites for hydroxylation is 1. The molecule has 0 saturated carbocycles. The summed E-state index contributed by atoms with van der Waals surface area (Å²) in [6, 6.07) is 21.1. The van der Waals surface area contributed by atoms with Gasteiger partial charge in [-0.15, -0.1) is 0 Å². The lowest BCUT2D eigenvalue weighted by molar-refractivity contribution is -0.933. The van der Waals surface area contributed by atoms with Crippen LogP contribution in [-0.2, 0) is 0 Å². The van der Waals surface area contributed by atoms with Crippen LogP contribution in [0.2, 0.25) is 0 Å². The monoisotopic (exact) mass is 323 g/mol. The van der Waals surface area contributed by atoms with E-state index in [1.807, 2.05) is 0 Å². The van der Waals surface area contributed by atoms with Crippen LogP contribution in [-0.4, -0.2) is 48.7 Å². The molecule has 3 rings (SSSR count). The summed E-state index contributed by atoms with van der Waals surface area (Å²) in [5.41, 5.74) is 4.17. The van der Waals surface area contributed by atoms with Crippen LogP contribution >= 0.6 is 0 Å². The highest BCUT2D eigenvalue weighted by Gasteiger charge is 2.34. The Bertz CT molecular complexity index is 655. The van der Waals surface area contributed by atoms with Gasteiger partial charge in [-0.1, -0.05) is 60.2 Å². The molecule has 0 aromatic heterocycles. The zero-order valence-corrected chi connectivity index (χ0v) is 15.6. The van der Waals surface area contributed by atoms with Gasteiger partial charge < -0.3 is 4.48 Å². The number of likely N-dealkylation sites (N-methyl/N-ethyl adjacent to an activating group) is 1. The van der Waals surface area contributed by atoms with Crippen LogP contribution < -0.4 is 0 Å². The van der Waals surface area contributed by atoms with Crippen molar-refractivity contribution in [3.63, 3.8) is 0 Å². The second-order valence-corrected chi connectivity index (χ2v) is 7.78. The molecule has 0 N–H and O–H groups in total. The predicted octanol–water partition coefficient (Wildman–Crippen LogP) is 4.26. The minimum absolute atomic E-state index is 0.368. The summed E-state index contributed by atoms with van der Waals surface area (Å²) in [6.07, 6.45) is 0. The molecule has 0 spiro atoms. The van der Waals surface area contributed by atoms with E-state index >= 15 is 0 Å². The molecular weight excluding hydrogens is 292 g/mol. The summed E-state index contributed by atoms with van der Waals surface area (Å²) in [5.74, 6) is 0. The number of piperazine rings is 1. The van der Waals surface area contributed by atoms with E-state index in [4.69, 9.17) is 0 Å². The fourth-order valence-corrected chi connectivity index (χ4v) is 3.80. The second kappa shape index (κ2) is 7.08. The van der Waals surface area contributed by atoms with Gasteiger partial charge in [0.2, 0.25) is 0 Å². The van der Waals surface area contributed by atoms with E-state index in [9.17, 15) is 0 Å². The fourth-order valence-electron chi connectivity index (χ4n) is 3.80. The standard InChI is InChI=1S/C22H31N2/c1-18(2)24(4)15-13-23(14-16-24)22(20-10-6-5-7-11-20)21-12-8-9-19(3)17-21/h5-12,17-18,22H,13-16H2,1-4H3/q+1. The van der Waals surface area contributed by atoms with Gasteiger partial charge in [0.05, 0.1) is 32.2 Å². The minimum Gasteiger partial charge on any atom is -0.322 e. The molecule has 0 bridgehead atoms. The van der Waals surface area contributed by atoms with Crippen molar-refractivity contribution in [1.29, 1.82) is 0 Å². The van der Waals surface area contributed by atoms with Gasteiger partial charge in [-0.2, -0.15) is 0 Å². The number of hydrogen-bond donors (Lipinski definition) is 0. The van der Waals surface area contributed by atoms with Gasteiger partial charge in [0.25, 0.3) is 0 Å². The van der Waals surface area contributed by atoms with Gasteiger partial charge in [-0.3, -0.25) is 4.90 Å². The van der Waals surface area contributed by atoms with Crippen LogP contribution in [0.3, 0.4) is 0 Å². The van der Waals surface area contributed by atoms with Gasteiger partial charge in [-0.25, -0.2) is 0 Å². The fraction of sp³-hybridized carbons (Fsp3) is 0.455. The van der Waals surface area contributed by atoms with E-state index in [-0.39, 0.29) is 0 Å². The molecule has 0 radical (unpaired) electrons. The Morgan fingerprint density at radius 3 is 2.08 bits per heavy atom. The summed E-state index contributed by atoms with van der Waals surface area (Å²) >= 11 is 0. The molecule has 2 aromatic carbocycles. The van der Waals surface area contributed by atoms with Crippen LogP contribution in [0.5, 0.6) is 0 Å². The Morgan fingerprint density at radius 2 is 1.50 bits per heavy atom. The number of rotatable bonds is 4. The largest absolute Gasteiger partial charge is 0.322 e. The Morgan fingerprint density at radius 1 is 0.875 bits per heavy atom. The summed E-state index contributed by atoms with van der Waals surface area (Å²) in [5, 5.41) is 0. The van der Waals surface area contributed by atoms with Gasteiger partial charge >= 0.3 is 0 Å². The van der Waals surface area contributed by atoms with Crippen molar-refractivity contribution in [3.05, 3.63) is 71.3 Å². The highest BCUT2D eigenvalue weighted by molar-refractivity contribution is 5.34. The van der Waals surface area contributed by atoms with E-state index in [0.717, 1.165) is 13.1 Å². The Labute approximate surface area is 147 Å². The van der Waals surface area contributed by atoms with E-state index in [0.29, 0.717) is 12.1 Å². The summed E-state index contributed by atoms with van der Waals surface area (Å²) in [4.78, 5) is 2.67. The van der Waals surface area contributed by atoms with Gasteiger partial charge in [0.1, 0.15) is 0 Å². The average molecular weight is 324 g/mol. The molecule has 1 heterocycles. The lowest BCUT2D eigenvalue weighted by Gasteiger charge is -2.47. The molecule has 0 aliphatic carbocycles. The second-order valence-electron chi connectivity index (χ2n) is 7.78. The maximum absolute atomic E-state index is 2.67. The topological polar surface area (TPSA) is 3.24 Å². The van der Waals surface area contributed by atoms with Crippen LogP contribution in [0.4, 0.5) is 0 Å². The quantitative estimate of drug-likeness (QED) is 0.760. The normalized spacial score (nSPS) is 19.4. The molecule has 24 heavy (non-hydrogen) atoms. The van der Waals surface area contributed by atoms with E-state index in [1.165, 1.54) is 34.3 Å². The zero-order chi connectivity index (χ0) is 17.2. The summed E-state index contributed by atoms with van der Waals surface area (Å²) in [6.45, 7) is 11.7. The van der Waals surface area contributed by atoms with Crippen LogP contribution in [0, 0.1) is 6.92 Å². The first-order valence-electron chi connectivity index (χ1n) is 9.19. The average Bonchev–Trinajstić information content (AvgIpc) is 2.58. The molecule has 1 atom stereocenters. The van der Waals surface area contributed by atoms with Crippen molar-refractivity contribution in [2.75, 3.05) is 33.2 Å². The predicted molar refractivity (Wildman–Crippen MR) is 102 cm³/mol. The highest BCUT2D eigenvalue weighted by Crippen LogP contribution is 2.31. The molecule has 0 amide bonds. The SMILES string of the molecule is Cc1cccc(C(c2ccccc2)N2CC[N+](C)(C(C)C)CC2)c1. The molecule has 1 aliphatic heterocycles. The first-order valence-corrected chi connectivity index (χ1v) is 9.19. The molecule has 2 heteroatoms. The van der Waals surface area contributed by atoms with Gasteiger partial charge in [0.15, 0.2) is 0 Å². The third-order valence-corrected chi connectivity index (χ3v) is 5.88. The van der Waals surface area contributed by atoms with Crippen LogP contribution in [0.1, 0.15) is 36.6 Å². The third kappa shape index (κ3) is 3.55. The third-order valence-electron chi connectivity index (χ3n) is 5.88.